The van der Waals surface area contributed by atoms with Gasteiger partial charge in [-0.25, -0.2) is 4.39 Å². The van der Waals surface area contributed by atoms with Gasteiger partial charge in [0, 0.05) is 16.1 Å². The van der Waals surface area contributed by atoms with Crippen LogP contribution in [-0.2, 0) is 0 Å². The van der Waals surface area contributed by atoms with Gasteiger partial charge in [-0.3, -0.25) is 0 Å². The van der Waals surface area contributed by atoms with E-state index in [0.717, 1.165) is 25.7 Å². The van der Waals surface area contributed by atoms with Gasteiger partial charge in [0.05, 0.1) is 5.92 Å². The van der Waals surface area contributed by atoms with E-state index < -0.39 is 0 Å². The molecule has 2 unspecified atom stereocenters. The van der Waals surface area contributed by atoms with Crippen molar-refractivity contribution in [3.63, 3.8) is 0 Å². The molecule has 4 nitrogen and oxygen atoms in total. The fraction of sp³-hybridized carbons (Fsp3) is 0.467. The highest BCUT2D eigenvalue weighted by Crippen LogP contribution is 2.31. The van der Waals surface area contributed by atoms with Crippen molar-refractivity contribution < 1.29 is 8.91 Å². The molecule has 1 aromatic heterocycles. The molecular formula is C15H17BrFN3O. The topological polar surface area (TPSA) is 64.9 Å². The molecule has 6 heteroatoms. The fourth-order valence-corrected chi connectivity index (χ4v) is 3.29. The molecule has 2 aromatic rings. The van der Waals surface area contributed by atoms with Crippen molar-refractivity contribution in [1.82, 2.24) is 10.1 Å². The van der Waals surface area contributed by atoms with Gasteiger partial charge in [0.25, 0.3) is 0 Å². The highest BCUT2D eigenvalue weighted by Gasteiger charge is 2.27. The second-order valence-electron chi connectivity index (χ2n) is 5.52. The van der Waals surface area contributed by atoms with Crippen LogP contribution in [0.1, 0.15) is 43.9 Å². The van der Waals surface area contributed by atoms with Gasteiger partial charge in [-0.2, -0.15) is 4.98 Å². The van der Waals surface area contributed by atoms with Crippen LogP contribution < -0.4 is 5.73 Å². The zero-order valence-electron chi connectivity index (χ0n) is 11.6. The molecule has 0 aliphatic heterocycles. The number of halogens is 2. The third-order valence-electron chi connectivity index (χ3n) is 3.95. The van der Waals surface area contributed by atoms with Crippen LogP contribution in [0.2, 0.25) is 0 Å². The molecule has 2 atom stereocenters. The van der Waals surface area contributed by atoms with Crippen LogP contribution in [0.15, 0.2) is 27.2 Å². The smallest absolute Gasteiger partial charge is 0.231 e. The Balaban J connectivity index is 1.88. The summed E-state index contributed by atoms with van der Waals surface area (Å²) in [7, 11) is 0. The standard InChI is InChI=1S/C15H17BrFN3O/c16-10-6-9(7-11(17)8-10)14-19-15(21-20-14)12-4-2-1-3-5-13(12)18/h6-8,12-13H,1-5,18H2. The first-order chi connectivity index (χ1) is 10.1. The molecular weight excluding hydrogens is 337 g/mol. The van der Waals surface area contributed by atoms with E-state index in [1.807, 2.05) is 0 Å². The number of hydrogen-bond donors (Lipinski definition) is 1. The minimum atomic E-state index is -0.336. The summed E-state index contributed by atoms with van der Waals surface area (Å²) in [5, 5.41) is 3.98. The second kappa shape index (κ2) is 6.23. The first-order valence-corrected chi connectivity index (χ1v) is 7.98. The summed E-state index contributed by atoms with van der Waals surface area (Å²) in [6.45, 7) is 0. The average Bonchev–Trinajstić information content (AvgIpc) is 2.81. The molecule has 0 spiro atoms. The van der Waals surface area contributed by atoms with E-state index in [9.17, 15) is 4.39 Å². The van der Waals surface area contributed by atoms with E-state index in [4.69, 9.17) is 10.3 Å². The molecule has 3 rings (SSSR count). The van der Waals surface area contributed by atoms with Crippen LogP contribution in [0, 0.1) is 5.82 Å². The largest absolute Gasteiger partial charge is 0.339 e. The molecule has 21 heavy (non-hydrogen) atoms. The van der Waals surface area contributed by atoms with Crippen LogP contribution >= 0.6 is 15.9 Å². The number of hydrogen-bond acceptors (Lipinski definition) is 4. The van der Waals surface area contributed by atoms with Crippen LogP contribution in [0.25, 0.3) is 11.4 Å². The predicted octanol–water partition coefficient (Wildman–Crippen LogP) is 4.01. The van der Waals surface area contributed by atoms with Gasteiger partial charge in [0.2, 0.25) is 11.7 Å². The second-order valence-corrected chi connectivity index (χ2v) is 6.44. The van der Waals surface area contributed by atoms with E-state index in [2.05, 4.69) is 26.1 Å². The lowest BCUT2D eigenvalue weighted by atomic mass is 9.95. The summed E-state index contributed by atoms with van der Waals surface area (Å²) in [6.07, 6.45) is 5.42. The summed E-state index contributed by atoms with van der Waals surface area (Å²) in [6, 6.07) is 4.61. The normalized spacial score (nSPS) is 23.0. The predicted molar refractivity (Wildman–Crippen MR) is 81.2 cm³/mol. The molecule has 1 saturated carbocycles. The van der Waals surface area contributed by atoms with Gasteiger partial charge in [0.15, 0.2) is 0 Å². The van der Waals surface area contributed by atoms with Gasteiger partial charge in [-0.1, -0.05) is 40.3 Å². The number of aromatic nitrogens is 2. The van der Waals surface area contributed by atoms with Crippen molar-refractivity contribution in [3.8, 4) is 11.4 Å². The first-order valence-electron chi connectivity index (χ1n) is 7.19. The maximum atomic E-state index is 13.5. The van der Waals surface area contributed by atoms with Crippen LogP contribution in [0.5, 0.6) is 0 Å². The number of benzene rings is 1. The molecule has 1 aliphatic rings. The Labute approximate surface area is 131 Å². The minimum Gasteiger partial charge on any atom is -0.339 e. The van der Waals surface area contributed by atoms with Gasteiger partial charge >= 0.3 is 0 Å². The monoisotopic (exact) mass is 353 g/mol. The van der Waals surface area contributed by atoms with E-state index in [0.29, 0.717) is 21.8 Å². The fourth-order valence-electron chi connectivity index (χ4n) is 2.83. The Kier molecular flexibility index (Phi) is 4.35. The molecule has 112 valence electrons. The van der Waals surface area contributed by atoms with E-state index in [1.165, 1.54) is 18.6 Å². The lowest BCUT2D eigenvalue weighted by molar-refractivity contribution is 0.326. The Morgan fingerprint density at radius 3 is 2.81 bits per heavy atom. The third kappa shape index (κ3) is 3.32. The zero-order chi connectivity index (χ0) is 14.8. The van der Waals surface area contributed by atoms with Crippen LogP contribution in [0.3, 0.4) is 0 Å². The minimum absolute atomic E-state index is 0.0556. The Bertz CT molecular complexity index is 611. The van der Waals surface area contributed by atoms with Crippen molar-refractivity contribution >= 4 is 15.9 Å². The maximum absolute atomic E-state index is 13.5. The summed E-state index contributed by atoms with van der Waals surface area (Å²) in [5.41, 5.74) is 6.81. The van der Waals surface area contributed by atoms with E-state index in [-0.39, 0.29) is 17.8 Å². The number of nitrogens with two attached hydrogens (primary N) is 1. The van der Waals surface area contributed by atoms with Crippen molar-refractivity contribution in [2.24, 2.45) is 5.73 Å². The Morgan fingerprint density at radius 1 is 1.19 bits per heavy atom. The Morgan fingerprint density at radius 2 is 2.00 bits per heavy atom. The van der Waals surface area contributed by atoms with Crippen molar-refractivity contribution in [2.45, 2.75) is 44.1 Å². The Hall–Kier alpha value is -1.27. The van der Waals surface area contributed by atoms with Gasteiger partial charge < -0.3 is 10.3 Å². The lowest BCUT2D eigenvalue weighted by Gasteiger charge is -2.16. The van der Waals surface area contributed by atoms with Crippen molar-refractivity contribution in [1.29, 1.82) is 0 Å². The molecule has 1 fully saturated rings. The number of rotatable bonds is 2. The third-order valence-corrected chi connectivity index (χ3v) is 4.41. The molecule has 1 aliphatic carbocycles. The average molecular weight is 354 g/mol. The molecule has 1 aromatic carbocycles. The van der Waals surface area contributed by atoms with Crippen LogP contribution in [0.4, 0.5) is 4.39 Å². The van der Waals surface area contributed by atoms with Gasteiger partial charge in [-0.15, -0.1) is 0 Å². The molecule has 0 saturated heterocycles. The zero-order valence-corrected chi connectivity index (χ0v) is 13.1. The summed E-state index contributed by atoms with van der Waals surface area (Å²) in [5.74, 6) is 0.740. The van der Waals surface area contributed by atoms with E-state index in [1.54, 1.807) is 6.07 Å². The van der Waals surface area contributed by atoms with Gasteiger partial charge in [0.1, 0.15) is 5.82 Å². The summed E-state index contributed by atoms with van der Waals surface area (Å²) < 4.78 is 19.5. The lowest BCUT2D eigenvalue weighted by Crippen LogP contribution is -2.27. The van der Waals surface area contributed by atoms with E-state index >= 15 is 0 Å². The highest BCUT2D eigenvalue weighted by molar-refractivity contribution is 9.10. The first kappa shape index (κ1) is 14.7. The quantitative estimate of drug-likeness (QED) is 0.828. The molecule has 1 heterocycles. The molecule has 2 N–H and O–H groups in total. The molecule has 0 bridgehead atoms. The van der Waals surface area contributed by atoms with Crippen molar-refractivity contribution in [3.05, 3.63) is 34.4 Å². The molecule has 0 amide bonds. The SMILES string of the molecule is NC1CCCCCC1c1nc(-c2cc(F)cc(Br)c2)no1. The molecule has 0 radical (unpaired) electrons. The van der Waals surface area contributed by atoms with Crippen molar-refractivity contribution in [2.75, 3.05) is 0 Å². The summed E-state index contributed by atoms with van der Waals surface area (Å²) >= 11 is 3.27. The number of nitrogens with zero attached hydrogens (tertiary/aromatic N) is 2. The van der Waals surface area contributed by atoms with Crippen LogP contribution in [-0.4, -0.2) is 16.2 Å². The summed E-state index contributed by atoms with van der Waals surface area (Å²) in [4.78, 5) is 4.43. The van der Waals surface area contributed by atoms with Gasteiger partial charge in [-0.05, 0) is 31.0 Å². The highest BCUT2D eigenvalue weighted by atomic mass is 79.9. The maximum Gasteiger partial charge on any atom is 0.231 e.